The number of hydrogen-bond acceptors (Lipinski definition) is 7. The first kappa shape index (κ1) is 25.9. The molecule has 0 amide bonds. The minimum absolute atomic E-state index is 0.00150. The Balaban J connectivity index is 1.46. The Bertz CT molecular complexity index is 1080. The van der Waals surface area contributed by atoms with Crippen LogP contribution in [0.2, 0.25) is 0 Å². The molecule has 1 aromatic heterocycles. The summed E-state index contributed by atoms with van der Waals surface area (Å²) in [7, 11) is -3.77. The minimum atomic E-state index is -4.23. The summed E-state index contributed by atoms with van der Waals surface area (Å²) in [5, 5.41) is 8.06. The molecule has 0 aliphatic heterocycles. The van der Waals surface area contributed by atoms with Crippen molar-refractivity contribution in [3.63, 3.8) is 0 Å². The molecule has 3 N–H and O–H groups in total. The highest BCUT2D eigenvalue weighted by Crippen LogP contribution is 2.36. The van der Waals surface area contributed by atoms with Crippen molar-refractivity contribution in [2.24, 2.45) is 11.1 Å². The number of anilines is 2. The third-order valence-corrected chi connectivity index (χ3v) is 6.62. The second-order valence-corrected chi connectivity index (χ2v) is 10.2. The maximum atomic E-state index is 12.4. The molecule has 3 atom stereocenters. The molecule has 12 heteroatoms. The molecule has 1 aliphatic rings. The highest BCUT2D eigenvalue weighted by molar-refractivity contribution is 7.89. The molecule has 2 aromatic rings. The van der Waals surface area contributed by atoms with Gasteiger partial charge in [-0.3, -0.25) is 4.79 Å². The van der Waals surface area contributed by atoms with Gasteiger partial charge in [0.15, 0.2) is 0 Å². The number of carbonyl (C=O) groups is 1. The molecule has 0 spiro atoms. The normalized spacial score (nSPS) is 19.6. The lowest BCUT2D eigenvalue weighted by Gasteiger charge is -2.16. The van der Waals surface area contributed by atoms with Gasteiger partial charge in [0.2, 0.25) is 16.0 Å². The number of carbonyl (C=O) groups excluding carboxylic acids is 1. The fourth-order valence-corrected chi connectivity index (χ4v) is 4.44. The van der Waals surface area contributed by atoms with Crippen LogP contribution in [0.4, 0.5) is 24.8 Å². The molecule has 186 valence electrons. The third kappa shape index (κ3) is 7.94. The highest BCUT2D eigenvalue weighted by Gasteiger charge is 2.31. The maximum absolute atomic E-state index is 12.4. The molecule has 0 radical (unpaired) electrons. The second-order valence-electron chi connectivity index (χ2n) is 8.62. The molecule has 8 nitrogen and oxygen atoms in total. The lowest BCUT2D eigenvalue weighted by Crippen LogP contribution is -2.17. The van der Waals surface area contributed by atoms with Crippen molar-refractivity contribution in [2.75, 3.05) is 5.32 Å². The van der Waals surface area contributed by atoms with Gasteiger partial charge < -0.3 is 10.1 Å². The lowest BCUT2D eigenvalue weighted by molar-refractivity contribution is -0.152. The number of nitrogens with two attached hydrogens (primary N) is 1. The number of esters is 1. The molecule has 0 unspecified atom stereocenters. The predicted molar refractivity (Wildman–Crippen MR) is 119 cm³/mol. The Labute approximate surface area is 196 Å². The number of sulfonamides is 1. The number of nitrogens with one attached hydrogen (secondary N) is 1. The predicted octanol–water partition coefficient (Wildman–Crippen LogP) is 4.42. The summed E-state index contributed by atoms with van der Waals surface area (Å²) in [6.07, 6.45) is 0.134. The van der Waals surface area contributed by atoms with Crippen LogP contribution < -0.4 is 10.5 Å². The van der Waals surface area contributed by atoms with E-state index in [1.807, 2.05) is 0 Å². The second kappa shape index (κ2) is 10.7. The van der Waals surface area contributed by atoms with Crippen molar-refractivity contribution < 1.29 is 31.1 Å². The van der Waals surface area contributed by atoms with E-state index < -0.39 is 34.5 Å². The van der Waals surface area contributed by atoms with Gasteiger partial charge in [0.05, 0.1) is 4.90 Å². The number of primary sulfonamides is 1. The quantitative estimate of drug-likeness (QED) is 0.489. The Hall–Kier alpha value is -2.73. The number of aromatic nitrogens is 2. The monoisotopic (exact) mass is 500 g/mol. The van der Waals surface area contributed by atoms with E-state index in [0.29, 0.717) is 24.5 Å². The molecule has 0 saturated heterocycles. The number of nitrogens with zero attached hydrogens (tertiary/aromatic N) is 2. The van der Waals surface area contributed by atoms with Crippen LogP contribution >= 0.6 is 0 Å². The fraction of sp³-hybridized carbons (Fsp3) is 0.500. The van der Waals surface area contributed by atoms with Crippen molar-refractivity contribution in [2.45, 2.75) is 68.5 Å². The molecule has 1 aliphatic carbocycles. The third-order valence-electron chi connectivity index (χ3n) is 5.69. The van der Waals surface area contributed by atoms with E-state index in [2.05, 4.69) is 15.3 Å². The van der Waals surface area contributed by atoms with Gasteiger partial charge >= 0.3 is 12.1 Å². The van der Waals surface area contributed by atoms with Crippen molar-refractivity contribution in [1.82, 2.24) is 9.97 Å². The Morgan fingerprint density at radius 2 is 1.85 bits per heavy atom. The number of hydrogen-bond donors (Lipinski definition) is 2. The molecule has 34 heavy (non-hydrogen) atoms. The zero-order valence-corrected chi connectivity index (χ0v) is 19.4. The van der Waals surface area contributed by atoms with Crippen LogP contribution in [0.3, 0.4) is 0 Å². The summed E-state index contributed by atoms with van der Waals surface area (Å²) >= 11 is 0. The van der Waals surface area contributed by atoms with Gasteiger partial charge in [-0.1, -0.05) is 6.92 Å². The fourth-order valence-electron chi connectivity index (χ4n) is 3.93. The number of rotatable bonds is 9. The molecular weight excluding hydrogens is 473 g/mol. The number of halogens is 3. The summed E-state index contributed by atoms with van der Waals surface area (Å²) in [5.74, 6) is -0.644. The number of ether oxygens (including phenoxy) is 1. The smallest absolute Gasteiger partial charge is 0.389 e. The van der Waals surface area contributed by atoms with Crippen LogP contribution in [-0.2, 0) is 19.6 Å². The summed E-state index contributed by atoms with van der Waals surface area (Å²) < 4.78 is 65.3. The van der Waals surface area contributed by atoms with E-state index in [4.69, 9.17) is 9.88 Å². The van der Waals surface area contributed by atoms with Gasteiger partial charge in [0.1, 0.15) is 6.10 Å². The van der Waals surface area contributed by atoms with Crippen LogP contribution in [-0.4, -0.2) is 36.6 Å². The molecule has 1 saturated carbocycles. The van der Waals surface area contributed by atoms with Gasteiger partial charge in [0.25, 0.3) is 0 Å². The highest BCUT2D eigenvalue weighted by atomic mass is 32.2. The number of alkyl halides is 3. The molecule has 1 fully saturated rings. The van der Waals surface area contributed by atoms with Crippen molar-refractivity contribution in [1.29, 1.82) is 0 Å². The van der Waals surface area contributed by atoms with E-state index in [9.17, 15) is 26.4 Å². The molecule has 1 heterocycles. The Morgan fingerprint density at radius 1 is 1.21 bits per heavy atom. The molecule has 3 rings (SSSR count). The van der Waals surface area contributed by atoms with E-state index in [1.165, 1.54) is 19.1 Å². The van der Waals surface area contributed by atoms with Gasteiger partial charge in [-0.25, -0.2) is 23.5 Å². The SMILES string of the molecule is C[C@H](CCC(=O)O[C@@H]1CC[C@H](c2cnc(Nc3ccc(S(N)(=O)=O)cc3)nc2)C1)CC(F)(F)F. The molecular formula is C22H27F3N4O4S. The van der Waals surface area contributed by atoms with Gasteiger partial charge in [-0.15, -0.1) is 0 Å². The standard InChI is InChI=1S/C22H27F3N4O4S/c1-14(11-22(23,24)25)2-9-20(30)33-18-6-3-15(10-18)16-12-27-21(28-13-16)29-17-4-7-19(8-5-17)34(26,31)32/h4-5,7-8,12-15,18H,2-3,6,9-11H2,1H3,(H2,26,31,32)(H,27,28,29)/t14-,15+,18-/m1/s1. The van der Waals surface area contributed by atoms with Crippen LogP contribution in [0.15, 0.2) is 41.6 Å². The minimum Gasteiger partial charge on any atom is -0.462 e. The van der Waals surface area contributed by atoms with Crippen LogP contribution in [0, 0.1) is 5.92 Å². The van der Waals surface area contributed by atoms with Crippen LogP contribution in [0.25, 0.3) is 0 Å². The maximum Gasteiger partial charge on any atom is 0.389 e. The van der Waals surface area contributed by atoms with Gasteiger partial charge in [-0.2, -0.15) is 13.2 Å². The average molecular weight is 501 g/mol. The summed E-state index contributed by atoms with van der Waals surface area (Å²) in [6, 6.07) is 5.86. The Morgan fingerprint density at radius 3 is 2.44 bits per heavy atom. The van der Waals surface area contributed by atoms with Crippen LogP contribution in [0.5, 0.6) is 0 Å². The van der Waals surface area contributed by atoms with Crippen molar-refractivity contribution in [3.05, 3.63) is 42.2 Å². The van der Waals surface area contributed by atoms with Crippen LogP contribution in [0.1, 0.15) is 56.9 Å². The topological polar surface area (TPSA) is 124 Å². The average Bonchev–Trinajstić information content (AvgIpc) is 3.20. The van der Waals surface area contributed by atoms with Gasteiger partial charge in [-0.05, 0) is 67.3 Å². The zero-order valence-electron chi connectivity index (χ0n) is 18.6. The first-order chi connectivity index (χ1) is 15.9. The lowest BCUT2D eigenvalue weighted by atomic mass is 10.0. The summed E-state index contributed by atoms with van der Waals surface area (Å²) in [4.78, 5) is 20.6. The van der Waals surface area contributed by atoms with Gasteiger partial charge in [0, 0.05) is 30.9 Å². The number of benzene rings is 1. The molecule has 0 bridgehead atoms. The zero-order chi connectivity index (χ0) is 24.9. The van der Waals surface area contributed by atoms with E-state index >= 15 is 0 Å². The summed E-state index contributed by atoms with van der Waals surface area (Å²) in [6.45, 7) is 1.48. The van der Waals surface area contributed by atoms with Crippen molar-refractivity contribution >= 4 is 27.6 Å². The summed E-state index contributed by atoms with van der Waals surface area (Å²) in [5.41, 5.74) is 1.49. The van der Waals surface area contributed by atoms with E-state index in [-0.39, 0.29) is 29.8 Å². The molecule has 1 aromatic carbocycles. The first-order valence-electron chi connectivity index (χ1n) is 10.9. The Kier molecular flexibility index (Phi) is 8.13. The largest absolute Gasteiger partial charge is 0.462 e. The first-order valence-corrected chi connectivity index (χ1v) is 12.4. The van der Waals surface area contributed by atoms with E-state index in [0.717, 1.165) is 12.0 Å². The van der Waals surface area contributed by atoms with Crippen molar-refractivity contribution in [3.8, 4) is 0 Å². The van der Waals surface area contributed by atoms with E-state index in [1.54, 1.807) is 24.5 Å².